The maximum Gasteiger partial charge on any atom is 0.237 e. The molecule has 0 saturated carbocycles. The van der Waals surface area contributed by atoms with Gasteiger partial charge < -0.3 is 15.0 Å². The van der Waals surface area contributed by atoms with E-state index >= 15 is 0 Å². The minimum Gasteiger partial charge on any atom is -0.487 e. The average Bonchev–Trinajstić information content (AvgIpc) is 2.87. The third-order valence-electron chi connectivity index (χ3n) is 7.03. The monoisotopic (exact) mass is 483 g/mol. The number of nitrogens with one attached hydrogen (secondary N) is 1. The van der Waals surface area contributed by atoms with E-state index < -0.39 is 0 Å². The molecular weight excluding hydrogens is 450 g/mol. The molecule has 0 bridgehead atoms. The molecule has 2 saturated heterocycles. The summed E-state index contributed by atoms with van der Waals surface area (Å²) < 4.78 is 6.49. The van der Waals surface area contributed by atoms with Gasteiger partial charge in [0.2, 0.25) is 11.8 Å². The number of benzene rings is 2. The molecule has 182 valence electrons. The van der Waals surface area contributed by atoms with Crippen LogP contribution in [0.15, 0.2) is 54.6 Å². The first kappa shape index (κ1) is 24.6. The van der Waals surface area contributed by atoms with Crippen molar-refractivity contribution in [2.75, 3.05) is 30.8 Å². The van der Waals surface area contributed by atoms with Gasteiger partial charge in [-0.05, 0) is 56.8 Å². The number of piperidine rings is 2. The largest absolute Gasteiger partial charge is 0.487 e. The van der Waals surface area contributed by atoms with Crippen LogP contribution in [-0.2, 0) is 16.1 Å². The maximum atomic E-state index is 13.0. The number of alkyl halides is 1. The van der Waals surface area contributed by atoms with Crippen LogP contribution in [0.3, 0.4) is 0 Å². The van der Waals surface area contributed by atoms with Gasteiger partial charge in [0.15, 0.2) is 0 Å². The van der Waals surface area contributed by atoms with Crippen LogP contribution in [0, 0.1) is 5.92 Å². The zero-order valence-corrected chi connectivity index (χ0v) is 20.5. The molecule has 2 unspecified atom stereocenters. The summed E-state index contributed by atoms with van der Waals surface area (Å²) in [6.45, 7) is 5.32. The van der Waals surface area contributed by atoms with E-state index in [0.29, 0.717) is 37.4 Å². The van der Waals surface area contributed by atoms with Gasteiger partial charge in [-0.3, -0.25) is 14.5 Å². The molecule has 7 heteroatoms. The van der Waals surface area contributed by atoms with Crippen LogP contribution < -0.4 is 10.1 Å². The van der Waals surface area contributed by atoms with Crippen LogP contribution in [0.4, 0.5) is 5.69 Å². The molecule has 2 aromatic rings. The van der Waals surface area contributed by atoms with E-state index in [0.717, 1.165) is 25.9 Å². The summed E-state index contributed by atoms with van der Waals surface area (Å²) in [5, 5.41) is 3.09. The molecule has 4 rings (SSSR count). The zero-order chi connectivity index (χ0) is 23.9. The van der Waals surface area contributed by atoms with E-state index in [4.69, 9.17) is 16.3 Å². The van der Waals surface area contributed by atoms with Crippen molar-refractivity contribution in [3.05, 3.63) is 60.2 Å². The minimum absolute atomic E-state index is 0.00998. The molecule has 2 amide bonds. The number of anilines is 1. The molecule has 1 N–H and O–H groups in total. The quantitative estimate of drug-likeness (QED) is 0.587. The highest BCUT2D eigenvalue weighted by Crippen LogP contribution is 2.31. The summed E-state index contributed by atoms with van der Waals surface area (Å²) in [6, 6.07) is 18.5. The van der Waals surface area contributed by atoms with Gasteiger partial charge in [0, 0.05) is 31.6 Å². The Bertz CT molecular complexity index is 963. The Kier molecular flexibility index (Phi) is 8.46. The van der Waals surface area contributed by atoms with Gasteiger partial charge in [0.1, 0.15) is 17.7 Å². The highest BCUT2D eigenvalue weighted by Gasteiger charge is 2.31. The molecule has 2 aromatic carbocycles. The molecule has 2 atom stereocenters. The summed E-state index contributed by atoms with van der Waals surface area (Å²) >= 11 is 5.66. The fourth-order valence-electron chi connectivity index (χ4n) is 4.92. The standard InChI is InChI=1S/C27H34ClN3O3/c1-20-24(12-7-15-31(20)19-21-8-3-2-4-9-21)34-25-11-6-5-10-23(25)29-27(33)22-13-16-30(17-14-22)26(32)18-28/h2-6,8-11,20,22,24H,7,12-19H2,1H3,(H,29,33). The smallest absolute Gasteiger partial charge is 0.237 e. The van der Waals surface area contributed by atoms with Gasteiger partial charge in [-0.2, -0.15) is 0 Å². The number of nitrogens with zero attached hydrogens (tertiary/aromatic N) is 2. The van der Waals surface area contributed by atoms with Crippen molar-refractivity contribution in [1.82, 2.24) is 9.80 Å². The molecule has 0 spiro atoms. The van der Waals surface area contributed by atoms with Gasteiger partial charge in [-0.15, -0.1) is 11.6 Å². The molecule has 34 heavy (non-hydrogen) atoms. The number of carbonyl (C=O) groups is 2. The Morgan fingerprint density at radius 3 is 2.44 bits per heavy atom. The molecule has 0 aliphatic carbocycles. The van der Waals surface area contributed by atoms with Crippen LogP contribution in [0.25, 0.3) is 0 Å². The number of carbonyl (C=O) groups excluding carboxylic acids is 2. The first-order valence-electron chi connectivity index (χ1n) is 12.2. The van der Waals surface area contributed by atoms with E-state index in [1.807, 2.05) is 30.3 Å². The van der Waals surface area contributed by atoms with Crippen molar-refractivity contribution in [3.63, 3.8) is 0 Å². The molecule has 2 fully saturated rings. The SMILES string of the molecule is CC1C(Oc2ccccc2NC(=O)C2CCN(C(=O)CCl)CC2)CCCN1Cc1ccccc1. The fourth-order valence-corrected chi connectivity index (χ4v) is 5.09. The van der Waals surface area contributed by atoms with Crippen molar-refractivity contribution >= 4 is 29.1 Å². The second-order valence-electron chi connectivity index (χ2n) is 9.27. The fraction of sp³-hybridized carbons (Fsp3) is 0.481. The summed E-state index contributed by atoms with van der Waals surface area (Å²) in [5.74, 6) is 0.495. The predicted octanol–water partition coefficient (Wildman–Crippen LogP) is 4.53. The lowest BCUT2D eigenvalue weighted by Gasteiger charge is -2.39. The van der Waals surface area contributed by atoms with Crippen molar-refractivity contribution in [1.29, 1.82) is 0 Å². The highest BCUT2D eigenvalue weighted by atomic mass is 35.5. The van der Waals surface area contributed by atoms with E-state index in [1.165, 1.54) is 5.56 Å². The number of amides is 2. The number of rotatable bonds is 7. The first-order chi connectivity index (χ1) is 16.5. The number of para-hydroxylation sites is 2. The molecule has 2 heterocycles. The zero-order valence-electron chi connectivity index (χ0n) is 19.8. The van der Waals surface area contributed by atoms with Crippen molar-refractivity contribution in [2.45, 2.75) is 51.3 Å². The van der Waals surface area contributed by atoms with Gasteiger partial charge >= 0.3 is 0 Å². The second kappa shape index (κ2) is 11.7. The first-order valence-corrected chi connectivity index (χ1v) is 12.8. The van der Waals surface area contributed by atoms with E-state index in [1.54, 1.807) is 4.90 Å². The van der Waals surface area contributed by atoms with Crippen LogP contribution in [-0.4, -0.2) is 59.3 Å². The Hall–Kier alpha value is -2.57. The lowest BCUT2D eigenvalue weighted by Crippen LogP contribution is -2.48. The normalized spacial score (nSPS) is 21.8. The number of hydrogen-bond acceptors (Lipinski definition) is 4. The molecule has 2 aliphatic heterocycles. The minimum atomic E-state index is -0.123. The number of halogens is 1. The van der Waals surface area contributed by atoms with Gasteiger partial charge in [-0.25, -0.2) is 0 Å². The lowest BCUT2D eigenvalue weighted by molar-refractivity contribution is -0.132. The second-order valence-corrected chi connectivity index (χ2v) is 9.54. The van der Waals surface area contributed by atoms with Crippen LogP contribution in [0.1, 0.15) is 38.2 Å². The summed E-state index contributed by atoms with van der Waals surface area (Å²) in [5.41, 5.74) is 2.01. The highest BCUT2D eigenvalue weighted by molar-refractivity contribution is 6.27. The Morgan fingerprint density at radius 2 is 1.71 bits per heavy atom. The van der Waals surface area contributed by atoms with Crippen molar-refractivity contribution < 1.29 is 14.3 Å². The van der Waals surface area contributed by atoms with Gasteiger partial charge in [-0.1, -0.05) is 42.5 Å². The topological polar surface area (TPSA) is 61.9 Å². The molecular formula is C27H34ClN3O3. The molecule has 2 aliphatic rings. The van der Waals surface area contributed by atoms with Gasteiger partial charge in [0.05, 0.1) is 5.69 Å². The average molecular weight is 484 g/mol. The number of ether oxygens (including phenoxy) is 1. The molecule has 0 aromatic heterocycles. The summed E-state index contributed by atoms with van der Waals surface area (Å²) in [7, 11) is 0. The number of likely N-dealkylation sites (tertiary alicyclic amines) is 2. The third kappa shape index (κ3) is 6.10. The summed E-state index contributed by atoms with van der Waals surface area (Å²) in [6.07, 6.45) is 3.41. The van der Waals surface area contributed by atoms with Crippen LogP contribution in [0.2, 0.25) is 0 Å². The maximum absolute atomic E-state index is 13.0. The molecule has 0 radical (unpaired) electrons. The lowest BCUT2D eigenvalue weighted by atomic mass is 9.95. The molecule has 6 nitrogen and oxygen atoms in total. The third-order valence-corrected chi connectivity index (χ3v) is 7.26. The Labute approximate surface area is 207 Å². The Morgan fingerprint density at radius 1 is 1.00 bits per heavy atom. The van der Waals surface area contributed by atoms with Gasteiger partial charge in [0.25, 0.3) is 0 Å². The van der Waals surface area contributed by atoms with E-state index in [9.17, 15) is 9.59 Å². The Balaban J connectivity index is 1.36. The van der Waals surface area contributed by atoms with Crippen molar-refractivity contribution in [2.24, 2.45) is 5.92 Å². The summed E-state index contributed by atoms with van der Waals surface area (Å²) in [4.78, 5) is 29.0. The van der Waals surface area contributed by atoms with Crippen LogP contribution in [0.5, 0.6) is 5.75 Å². The predicted molar refractivity (Wildman–Crippen MR) is 135 cm³/mol. The van der Waals surface area contributed by atoms with Crippen molar-refractivity contribution in [3.8, 4) is 5.75 Å². The van der Waals surface area contributed by atoms with E-state index in [-0.39, 0.29) is 35.8 Å². The number of hydrogen-bond donors (Lipinski definition) is 1. The van der Waals surface area contributed by atoms with Crippen LogP contribution >= 0.6 is 11.6 Å². The van der Waals surface area contributed by atoms with E-state index in [2.05, 4.69) is 41.4 Å².